The molecule has 7 heteroatoms. The molecule has 2 aromatic heterocycles. The lowest BCUT2D eigenvalue weighted by Crippen LogP contribution is -2.41. The Labute approximate surface area is 165 Å². The predicted octanol–water partition coefficient (Wildman–Crippen LogP) is 2.75. The van der Waals surface area contributed by atoms with Gasteiger partial charge in [0.25, 0.3) is 5.91 Å². The number of pyridine rings is 2. The van der Waals surface area contributed by atoms with Crippen molar-refractivity contribution in [2.24, 2.45) is 0 Å². The SMILES string of the molecule is O=C(c1ccc(NC2CCCOC2)nc1)N1CCC(Oc2cccnc2)CC1. The van der Waals surface area contributed by atoms with Crippen LogP contribution in [0.2, 0.25) is 0 Å². The van der Waals surface area contributed by atoms with Crippen LogP contribution in [0.4, 0.5) is 5.82 Å². The topological polar surface area (TPSA) is 76.6 Å². The molecule has 0 aliphatic carbocycles. The number of likely N-dealkylation sites (tertiary alicyclic amines) is 1. The molecule has 2 aliphatic rings. The van der Waals surface area contributed by atoms with E-state index in [9.17, 15) is 4.79 Å². The first-order chi connectivity index (χ1) is 13.8. The fourth-order valence-electron chi connectivity index (χ4n) is 3.64. The van der Waals surface area contributed by atoms with Crippen LogP contribution in [0.25, 0.3) is 0 Å². The van der Waals surface area contributed by atoms with E-state index in [-0.39, 0.29) is 12.0 Å². The monoisotopic (exact) mass is 382 g/mol. The van der Waals surface area contributed by atoms with E-state index in [2.05, 4.69) is 15.3 Å². The van der Waals surface area contributed by atoms with E-state index >= 15 is 0 Å². The van der Waals surface area contributed by atoms with Crippen LogP contribution in [0.15, 0.2) is 42.9 Å². The summed E-state index contributed by atoms with van der Waals surface area (Å²) >= 11 is 0. The fraction of sp³-hybridized carbons (Fsp3) is 0.476. The molecule has 2 saturated heterocycles. The van der Waals surface area contributed by atoms with Gasteiger partial charge in [0.05, 0.1) is 24.4 Å². The van der Waals surface area contributed by atoms with Gasteiger partial charge in [-0.15, -0.1) is 0 Å². The first-order valence-corrected chi connectivity index (χ1v) is 9.94. The van der Waals surface area contributed by atoms with Crippen LogP contribution < -0.4 is 10.1 Å². The van der Waals surface area contributed by atoms with Crippen molar-refractivity contribution in [1.29, 1.82) is 0 Å². The first kappa shape index (κ1) is 18.7. The highest BCUT2D eigenvalue weighted by Crippen LogP contribution is 2.20. The minimum Gasteiger partial charge on any atom is -0.489 e. The Morgan fingerprint density at radius 3 is 2.75 bits per heavy atom. The number of aromatic nitrogens is 2. The molecule has 0 bridgehead atoms. The lowest BCUT2D eigenvalue weighted by molar-refractivity contribution is 0.0594. The van der Waals surface area contributed by atoms with Crippen LogP contribution >= 0.6 is 0 Å². The van der Waals surface area contributed by atoms with E-state index in [0.29, 0.717) is 31.3 Å². The average molecular weight is 382 g/mol. The molecule has 4 rings (SSSR count). The van der Waals surface area contributed by atoms with Crippen LogP contribution in [0, 0.1) is 0 Å². The molecule has 1 unspecified atom stereocenters. The smallest absolute Gasteiger partial charge is 0.255 e. The van der Waals surface area contributed by atoms with Crippen LogP contribution in [0.1, 0.15) is 36.0 Å². The zero-order valence-electron chi connectivity index (χ0n) is 15.9. The zero-order chi connectivity index (χ0) is 19.2. The highest BCUT2D eigenvalue weighted by molar-refractivity contribution is 5.94. The van der Waals surface area contributed by atoms with Gasteiger partial charge in [0.1, 0.15) is 17.7 Å². The molecule has 7 nitrogen and oxygen atoms in total. The van der Waals surface area contributed by atoms with E-state index in [0.717, 1.165) is 43.9 Å². The molecular weight excluding hydrogens is 356 g/mol. The number of nitrogens with one attached hydrogen (secondary N) is 1. The summed E-state index contributed by atoms with van der Waals surface area (Å²) in [5, 5.41) is 3.37. The summed E-state index contributed by atoms with van der Waals surface area (Å²) in [6, 6.07) is 7.78. The maximum Gasteiger partial charge on any atom is 0.255 e. The lowest BCUT2D eigenvalue weighted by Gasteiger charge is -2.32. The van der Waals surface area contributed by atoms with Gasteiger partial charge < -0.3 is 19.7 Å². The zero-order valence-corrected chi connectivity index (χ0v) is 15.9. The highest BCUT2D eigenvalue weighted by Gasteiger charge is 2.25. The number of rotatable bonds is 5. The molecule has 1 amide bonds. The van der Waals surface area contributed by atoms with Crippen LogP contribution in [-0.2, 0) is 4.74 Å². The molecule has 4 heterocycles. The number of carbonyl (C=O) groups excluding carboxylic acids is 1. The van der Waals surface area contributed by atoms with Crippen molar-refractivity contribution >= 4 is 11.7 Å². The van der Waals surface area contributed by atoms with E-state index in [4.69, 9.17) is 9.47 Å². The van der Waals surface area contributed by atoms with Crippen molar-refractivity contribution in [3.05, 3.63) is 48.4 Å². The van der Waals surface area contributed by atoms with Gasteiger partial charge >= 0.3 is 0 Å². The van der Waals surface area contributed by atoms with Crippen molar-refractivity contribution < 1.29 is 14.3 Å². The molecule has 1 N–H and O–H groups in total. The highest BCUT2D eigenvalue weighted by atomic mass is 16.5. The third-order valence-corrected chi connectivity index (χ3v) is 5.19. The summed E-state index contributed by atoms with van der Waals surface area (Å²) in [5.74, 6) is 1.60. The predicted molar refractivity (Wildman–Crippen MR) is 105 cm³/mol. The summed E-state index contributed by atoms with van der Waals surface area (Å²) in [4.78, 5) is 23.1. The first-order valence-electron chi connectivity index (χ1n) is 9.94. The second-order valence-corrected chi connectivity index (χ2v) is 7.29. The van der Waals surface area contributed by atoms with Gasteiger partial charge in [0.2, 0.25) is 0 Å². The minimum absolute atomic E-state index is 0.0277. The molecule has 2 aromatic rings. The lowest BCUT2D eigenvalue weighted by atomic mass is 10.1. The molecule has 2 fully saturated rings. The molecule has 1 atom stereocenters. The van der Waals surface area contributed by atoms with Crippen molar-refractivity contribution in [3.63, 3.8) is 0 Å². The van der Waals surface area contributed by atoms with Gasteiger partial charge in [-0.2, -0.15) is 0 Å². The summed E-state index contributed by atoms with van der Waals surface area (Å²) in [6.07, 6.45) is 9.00. The summed E-state index contributed by atoms with van der Waals surface area (Å²) < 4.78 is 11.4. The van der Waals surface area contributed by atoms with E-state index in [1.54, 1.807) is 18.6 Å². The number of nitrogens with zero attached hydrogens (tertiary/aromatic N) is 3. The molecule has 0 spiro atoms. The number of hydrogen-bond acceptors (Lipinski definition) is 6. The molecule has 0 aromatic carbocycles. The maximum absolute atomic E-state index is 12.8. The molecule has 28 heavy (non-hydrogen) atoms. The maximum atomic E-state index is 12.8. The minimum atomic E-state index is 0.0277. The van der Waals surface area contributed by atoms with E-state index in [1.165, 1.54) is 0 Å². The second kappa shape index (κ2) is 9.01. The van der Waals surface area contributed by atoms with Crippen LogP contribution in [0.3, 0.4) is 0 Å². The summed E-state index contributed by atoms with van der Waals surface area (Å²) in [5.41, 5.74) is 0.622. The Balaban J connectivity index is 1.27. The van der Waals surface area contributed by atoms with Gasteiger partial charge in [0, 0.05) is 44.9 Å². The number of carbonyl (C=O) groups is 1. The fourth-order valence-corrected chi connectivity index (χ4v) is 3.64. The second-order valence-electron chi connectivity index (χ2n) is 7.29. The molecule has 0 saturated carbocycles. The normalized spacial score (nSPS) is 20.6. The van der Waals surface area contributed by atoms with Crippen molar-refractivity contribution in [1.82, 2.24) is 14.9 Å². The van der Waals surface area contributed by atoms with E-state index in [1.807, 2.05) is 29.2 Å². The largest absolute Gasteiger partial charge is 0.489 e. The van der Waals surface area contributed by atoms with Crippen molar-refractivity contribution in [2.45, 2.75) is 37.8 Å². The van der Waals surface area contributed by atoms with Crippen LogP contribution in [-0.4, -0.2) is 59.2 Å². The van der Waals surface area contributed by atoms with Crippen LogP contribution in [0.5, 0.6) is 5.75 Å². The van der Waals surface area contributed by atoms with E-state index < -0.39 is 0 Å². The number of hydrogen-bond donors (Lipinski definition) is 1. The van der Waals surface area contributed by atoms with Crippen molar-refractivity contribution in [2.75, 3.05) is 31.6 Å². The Morgan fingerprint density at radius 1 is 1.18 bits per heavy atom. The van der Waals surface area contributed by atoms with Gasteiger partial charge in [-0.3, -0.25) is 9.78 Å². The van der Waals surface area contributed by atoms with Gasteiger partial charge in [-0.05, 0) is 37.1 Å². The molecule has 148 valence electrons. The van der Waals surface area contributed by atoms with Gasteiger partial charge in [-0.1, -0.05) is 0 Å². The standard InChI is InChI=1S/C21H26N4O3/c26-21(16-5-6-20(23-13-16)24-17-3-2-12-27-15-17)25-10-7-18(8-11-25)28-19-4-1-9-22-14-19/h1,4-6,9,13-14,17-18H,2-3,7-8,10-12,15H2,(H,23,24). The van der Waals surface area contributed by atoms with Gasteiger partial charge in [0.15, 0.2) is 0 Å². The summed E-state index contributed by atoms with van der Waals surface area (Å²) in [6.45, 7) is 2.91. The Morgan fingerprint density at radius 2 is 2.07 bits per heavy atom. The molecule has 2 aliphatic heterocycles. The number of ether oxygens (including phenoxy) is 2. The number of piperidine rings is 1. The van der Waals surface area contributed by atoms with Crippen molar-refractivity contribution in [3.8, 4) is 5.75 Å². The molecule has 0 radical (unpaired) electrons. The Kier molecular flexibility index (Phi) is 6.01. The Hall–Kier alpha value is -2.67. The Bertz CT molecular complexity index is 755. The molecular formula is C21H26N4O3. The average Bonchev–Trinajstić information content (AvgIpc) is 2.76. The summed E-state index contributed by atoms with van der Waals surface area (Å²) in [7, 11) is 0. The third kappa shape index (κ3) is 4.78. The number of amides is 1. The number of anilines is 1. The quantitative estimate of drug-likeness (QED) is 0.857. The van der Waals surface area contributed by atoms with Gasteiger partial charge in [-0.25, -0.2) is 4.98 Å². The third-order valence-electron chi connectivity index (χ3n) is 5.19.